The van der Waals surface area contributed by atoms with Crippen molar-refractivity contribution in [2.45, 2.75) is 0 Å². The van der Waals surface area contributed by atoms with Crippen molar-refractivity contribution in [2.24, 2.45) is 0 Å². The predicted octanol–water partition coefficient (Wildman–Crippen LogP) is 3.80. The highest BCUT2D eigenvalue weighted by molar-refractivity contribution is 9.10. The summed E-state index contributed by atoms with van der Waals surface area (Å²) in [6.45, 7) is 0. The number of fused-ring (bicyclic) bond motifs is 5. The van der Waals surface area contributed by atoms with Crippen molar-refractivity contribution in [2.75, 3.05) is 0 Å². The fraction of sp³-hybridized carbons (Fsp3) is 0. The molecule has 0 amide bonds. The number of benzene rings is 1. The second-order valence-electron chi connectivity index (χ2n) is 4.20. The van der Waals surface area contributed by atoms with Gasteiger partial charge in [-0.25, -0.2) is 9.97 Å². The second kappa shape index (κ2) is 3.53. The Morgan fingerprint density at radius 3 is 2.89 bits per heavy atom. The number of rotatable bonds is 0. The first-order valence-electron chi connectivity index (χ1n) is 5.64. The standard InChI is InChI=1S/C14H8BrN3/c15-10-5-6-12-17-13-11-4-2-1-3-9(11)7-16-14(13)18(12)8-10/h1-8H. The molecule has 18 heavy (non-hydrogen) atoms. The fourth-order valence-electron chi connectivity index (χ4n) is 2.27. The average molecular weight is 298 g/mol. The molecule has 3 heterocycles. The lowest BCUT2D eigenvalue weighted by Gasteiger charge is -1.98. The van der Waals surface area contributed by atoms with Crippen LogP contribution in [0.25, 0.3) is 27.6 Å². The molecular weight excluding hydrogens is 290 g/mol. The molecule has 1 aromatic carbocycles. The zero-order chi connectivity index (χ0) is 12.1. The average Bonchev–Trinajstić information content (AvgIpc) is 2.77. The van der Waals surface area contributed by atoms with E-state index in [1.165, 1.54) is 0 Å². The number of hydrogen-bond acceptors (Lipinski definition) is 2. The molecule has 3 nitrogen and oxygen atoms in total. The van der Waals surface area contributed by atoms with Gasteiger partial charge >= 0.3 is 0 Å². The van der Waals surface area contributed by atoms with Crippen molar-refractivity contribution in [3.05, 3.63) is 53.3 Å². The van der Waals surface area contributed by atoms with Gasteiger partial charge in [0.05, 0.1) is 0 Å². The van der Waals surface area contributed by atoms with E-state index in [1.54, 1.807) is 0 Å². The topological polar surface area (TPSA) is 30.2 Å². The minimum absolute atomic E-state index is 0.894. The first-order chi connectivity index (χ1) is 8.83. The maximum absolute atomic E-state index is 4.66. The van der Waals surface area contributed by atoms with Gasteiger partial charge in [-0.3, -0.25) is 4.40 Å². The lowest BCUT2D eigenvalue weighted by molar-refractivity contribution is 1.18. The van der Waals surface area contributed by atoms with E-state index >= 15 is 0 Å². The van der Waals surface area contributed by atoms with Crippen molar-refractivity contribution >= 4 is 43.5 Å². The predicted molar refractivity (Wildman–Crippen MR) is 75.7 cm³/mol. The quantitative estimate of drug-likeness (QED) is 0.494. The van der Waals surface area contributed by atoms with Gasteiger partial charge in [0.25, 0.3) is 0 Å². The summed E-state index contributed by atoms with van der Waals surface area (Å²) in [5, 5.41) is 2.26. The summed E-state index contributed by atoms with van der Waals surface area (Å²) in [5.74, 6) is 0. The summed E-state index contributed by atoms with van der Waals surface area (Å²) in [6, 6.07) is 12.2. The van der Waals surface area contributed by atoms with Gasteiger partial charge in [0.1, 0.15) is 11.2 Å². The third kappa shape index (κ3) is 1.29. The van der Waals surface area contributed by atoms with Gasteiger partial charge in [-0.05, 0) is 28.1 Å². The van der Waals surface area contributed by atoms with Gasteiger partial charge in [-0.1, -0.05) is 24.3 Å². The van der Waals surface area contributed by atoms with Crippen molar-refractivity contribution in [1.29, 1.82) is 0 Å². The molecule has 0 aliphatic rings. The molecule has 4 aromatic rings. The van der Waals surface area contributed by atoms with Crippen LogP contribution in [0.1, 0.15) is 0 Å². The van der Waals surface area contributed by atoms with Crippen molar-refractivity contribution in [1.82, 2.24) is 14.4 Å². The van der Waals surface area contributed by atoms with Crippen LogP contribution in [0.4, 0.5) is 0 Å². The summed E-state index contributed by atoms with van der Waals surface area (Å²) in [6.07, 6.45) is 3.89. The normalized spacial score (nSPS) is 11.6. The van der Waals surface area contributed by atoms with Gasteiger partial charge in [-0.2, -0.15) is 0 Å². The Bertz CT molecular complexity index is 895. The van der Waals surface area contributed by atoms with Gasteiger partial charge in [0.2, 0.25) is 0 Å². The molecule has 0 atom stereocenters. The van der Waals surface area contributed by atoms with Crippen LogP contribution in [0.15, 0.2) is 53.3 Å². The minimum atomic E-state index is 0.894. The summed E-state index contributed by atoms with van der Waals surface area (Å²) in [7, 11) is 0. The molecule has 4 rings (SSSR count). The Morgan fingerprint density at radius 2 is 1.94 bits per heavy atom. The Kier molecular flexibility index (Phi) is 1.96. The molecule has 0 saturated carbocycles. The maximum atomic E-state index is 4.66. The smallest absolute Gasteiger partial charge is 0.165 e. The monoisotopic (exact) mass is 297 g/mol. The zero-order valence-corrected chi connectivity index (χ0v) is 10.9. The molecule has 0 aliphatic heterocycles. The molecule has 4 heteroatoms. The van der Waals surface area contributed by atoms with E-state index in [4.69, 9.17) is 0 Å². The maximum Gasteiger partial charge on any atom is 0.165 e. The number of hydrogen-bond donors (Lipinski definition) is 0. The Labute approximate surface area is 111 Å². The lowest BCUT2D eigenvalue weighted by Crippen LogP contribution is -1.86. The van der Waals surface area contributed by atoms with Crippen molar-refractivity contribution in [3.8, 4) is 0 Å². The Morgan fingerprint density at radius 1 is 1.06 bits per heavy atom. The van der Waals surface area contributed by atoms with E-state index in [9.17, 15) is 0 Å². The molecule has 0 aliphatic carbocycles. The molecule has 86 valence electrons. The van der Waals surface area contributed by atoms with Crippen LogP contribution in [0.5, 0.6) is 0 Å². The molecule has 0 spiro atoms. The lowest BCUT2D eigenvalue weighted by atomic mass is 10.1. The molecule has 0 fully saturated rings. The summed E-state index contributed by atoms with van der Waals surface area (Å²) < 4.78 is 3.02. The SMILES string of the molecule is Brc1ccc2nc3c4ccccc4cnc3n2c1. The van der Waals surface area contributed by atoms with Crippen LogP contribution in [-0.2, 0) is 0 Å². The molecule has 0 bridgehead atoms. The van der Waals surface area contributed by atoms with Crippen LogP contribution in [-0.4, -0.2) is 14.4 Å². The Hall–Kier alpha value is -1.94. The molecule has 0 N–H and O–H groups in total. The van der Waals surface area contributed by atoms with Crippen LogP contribution in [0.2, 0.25) is 0 Å². The second-order valence-corrected chi connectivity index (χ2v) is 5.12. The van der Waals surface area contributed by atoms with Crippen molar-refractivity contribution < 1.29 is 0 Å². The largest absolute Gasteiger partial charge is 0.283 e. The highest BCUT2D eigenvalue weighted by Crippen LogP contribution is 2.24. The molecule has 0 radical (unpaired) electrons. The van der Waals surface area contributed by atoms with Crippen LogP contribution in [0.3, 0.4) is 0 Å². The molecular formula is C14H8BrN3. The van der Waals surface area contributed by atoms with E-state index in [2.05, 4.69) is 38.0 Å². The van der Waals surface area contributed by atoms with Crippen LogP contribution in [0, 0.1) is 0 Å². The van der Waals surface area contributed by atoms with Gasteiger partial charge in [0.15, 0.2) is 5.65 Å². The summed E-state index contributed by atoms with van der Waals surface area (Å²) in [4.78, 5) is 9.18. The fourth-order valence-corrected chi connectivity index (χ4v) is 2.60. The molecule has 0 saturated heterocycles. The van der Waals surface area contributed by atoms with Crippen LogP contribution < -0.4 is 0 Å². The molecule has 0 unspecified atom stereocenters. The number of aromatic nitrogens is 3. The zero-order valence-electron chi connectivity index (χ0n) is 9.34. The first kappa shape index (κ1) is 10.0. The third-order valence-corrected chi connectivity index (χ3v) is 3.57. The highest BCUT2D eigenvalue weighted by Gasteiger charge is 2.08. The third-order valence-electron chi connectivity index (χ3n) is 3.10. The van der Waals surface area contributed by atoms with Gasteiger partial charge in [0, 0.05) is 27.6 Å². The van der Waals surface area contributed by atoms with Crippen molar-refractivity contribution in [3.63, 3.8) is 0 Å². The van der Waals surface area contributed by atoms with E-state index in [0.29, 0.717) is 0 Å². The number of halogens is 1. The number of pyridine rings is 2. The van der Waals surface area contributed by atoms with E-state index < -0.39 is 0 Å². The number of nitrogens with zero attached hydrogens (tertiary/aromatic N) is 3. The van der Waals surface area contributed by atoms with E-state index in [-0.39, 0.29) is 0 Å². The highest BCUT2D eigenvalue weighted by atomic mass is 79.9. The van der Waals surface area contributed by atoms with E-state index in [1.807, 2.05) is 41.1 Å². The number of imidazole rings is 1. The Balaban J connectivity index is 2.30. The van der Waals surface area contributed by atoms with Crippen LogP contribution >= 0.6 is 15.9 Å². The molecule has 3 aromatic heterocycles. The first-order valence-corrected chi connectivity index (χ1v) is 6.43. The van der Waals surface area contributed by atoms with E-state index in [0.717, 1.165) is 32.1 Å². The minimum Gasteiger partial charge on any atom is -0.283 e. The van der Waals surface area contributed by atoms with Gasteiger partial charge < -0.3 is 0 Å². The summed E-state index contributed by atoms with van der Waals surface area (Å²) >= 11 is 3.48. The summed E-state index contributed by atoms with van der Waals surface area (Å²) in [5.41, 5.74) is 2.76. The van der Waals surface area contributed by atoms with Gasteiger partial charge in [-0.15, -0.1) is 0 Å².